The van der Waals surface area contributed by atoms with Crippen LogP contribution in [0.15, 0.2) is 127 Å². The molecule has 1 heterocycles. The molecule has 1 aliphatic rings. The molecule has 9 rings (SSSR count). The summed E-state index contributed by atoms with van der Waals surface area (Å²) in [4.78, 5) is 0. The molecule has 8 aromatic carbocycles. The Labute approximate surface area is 215 Å². The number of benzene rings is 8. The molecule has 0 bridgehead atoms. The second-order valence-corrected chi connectivity index (χ2v) is 10.4. The van der Waals surface area contributed by atoms with Gasteiger partial charge in [-0.05, 0) is 65.0 Å². The van der Waals surface area contributed by atoms with Crippen molar-refractivity contribution < 1.29 is 0 Å². The fraction of sp³-hybridized carbons (Fsp3) is 0. The van der Waals surface area contributed by atoms with E-state index in [4.69, 9.17) is 0 Å². The van der Waals surface area contributed by atoms with Crippen LogP contribution in [0.4, 0.5) is 0 Å². The van der Waals surface area contributed by atoms with Crippen molar-refractivity contribution >= 4 is 77.0 Å². The van der Waals surface area contributed by atoms with E-state index in [1.54, 1.807) is 0 Å². The van der Waals surface area contributed by atoms with E-state index < -0.39 is 0 Å². The van der Waals surface area contributed by atoms with Gasteiger partial charge in [0.1, 0.15) is 0 Å². The fourth-order valence-corrected chi connectivity index (χ4v) is 7.17. The Balaban J connectivity index is 1.50. The van der Waals surface area contributed by atoms with Gasteiger partial charge in [0.05, 0.1) is 0 Å². The van der Waals surface area contributed by atoms with Crippen molar-refractivity contribution in [1.29, 1.82) is 0 Å². The van der Waals surface area contributed by atoms with Gasteiger partial charge < -0.3 is 0 Å². The highest BCUT2D eigenvalue weighted by molar-refractivity contribution is 7.02. The molecule has 37 heavy (non-hydrogen) atoms. The molecule has 0 aliphatic carbocycles. The first-order valence-electron chi connectivity index (χ1n) is 13.1. The van der Waals surface area contributed by atoms with Crippen LogP contribution in [0, 0.1) is 0 Å². The smallest absolute Gasteiger partial charge is 0.0663 e. The molecular weight excluding hydrogens is 443 g/mol. The standard InChI is InChI=1S/C36H21B/c1-3-12-27-22(7-1)9-6-14-31(27)37-32-21-26-16-15-24-10-5-11-25-18-19-29(34(26)33(24)25)35(32)30-20-17-23-8-2-4-13-28(23)36(30)37/h1-21H. The summed E-state index contributed by atoms with van der Waals surface area (Å²) >= 11 is 0. The molecule has 0 N–H and O–H groups in total. The van der Waals surface area contributed by atoms with Gasteiger partial charge in [-0.25, -0.2) is 0 Å². The van der Waals surface area contributed by atoms with Gasteiger partial charge in [0.25, 0.3) is 0 Å². The monoisotopic (exact) mass is 464 g/mol. The highest BCUT2D eigenvalue weighted by atomic mass is 14.2. The van der Waals surface area contributed by atoms with Crippen LogP contribution in [0.5, 0.6) is 0 Å². The molecule has 0 saturated heterocycles. The van der Waals surface area contributed by atoms with Crippen LogP contribution in [-0.2, 0) is 0 Å². The predicted octanol–water partition coefficient (Wildman–Crippen LogP) is 7.39. The number of hydrogen-bond donors (Lipinski definition) is 0. The van der Waals surface area contributed by atoms with E-state index >= 15 is 0 Å². The zero-order chi connectivity index (χ0) is 24.1. The molecule has 0 fully saturated rings. The SMILES string of the molecule is c1ccc2c(B3c4cc5ccc6cccc7ccc(c4-c4ccc8ccccc8c43)c5c67)cccc2c1. The summed E-state index contributed by atoms with van der Waals surface area (Å²) in [5.41, 5.74) is 7.05. The first-order valence-corrected chi connectivity index (χ1v) is 13.1. The minimum absolute atomic E-state index is 0.184. The van der Waals surface area contributed by atoms with E-state index in [9.17, 15) is 0 Å². The molecule has 0 atom stereocenters. The van der Waals surface area contributed by atoms with Crippen LogP contribution in [0.25, 0.3) is 65.0 Å². The molecule has 1 aliphatic heterocycles. The number of fused-ring (bicyclic) bond motifs is 7. The molecule has 0 aromatic heterocycles. The third-order valence-electron chi connectivity index (χ3n) is 8.65. The lowest BCUT2D eigenvalue weighted by Gasteiger charge is -2.17. The van der Waals surface area contributed by atoms with Crippen LogP contribution in [0.1, 0.15) is 0 Å². The third-order valence-corrected chi connectivity index (χ3v) is 8.65. The van der Waals surface area contributed by atoms with Crippen LogP contribution in [0.3, 0.4) is 0 Å². The van der Waals surface area contributed by atoms with Crippen molar-refractivity contribution in [2.24, 2.45) is 0 Å². The summed E-state index contributed by atoms with van der Waals surface area (Å²) in [7, 11) is 0. The maximum atomic E-state index is 2.49. The largest absolute Gasteiger partial charge is 0.244 e. The summed E-state index contributed by atoms with van der Waals surface area (Å²) in [6.07, 6.45) is 0. The minimum atomic E-state index is 0.184. The van der Waals surface area contributed by atoms with Gasteiger partial charge in [0, 0.05) is 0 Å². The molecule has 0 nitrogen and oxygen atoms in total. The Bertz CT molecular complexity index is 2180. The van der Waals surface area contributed by atoms with Crippen molar-refractivity contribution in [3.05, 3.63) is 127 Å². The van der Waals surface area contributed by atoms with Crippen LogP contribution >= 0.6 is 0 Å². The van der Waals surface area contributed by atoms with Gasteiger partial charge in [-0.3, -0.25) is 0 Å². The fourth-order valence-electron chi connectivity index (χ4n) is 7.17. The molecule has 168 valence electrons. The van der Waals surface area contributed by atoms with Gasteiger partial charge in [0.2, 0.25) is 6.71 Å². The second-order valence-electron chi connectivity index (χ2n) is 10.4. The summed E-state index contributed by atoms with van der Waals surface area (Å²) in [6.45, 7) is 0.184. The minimum Gasteiger partial charge on any atom is -0.0663 e. The quantitative estimate of drug-likeness (QED) is 0.176. The Morgan fingerprint density at radius 1 is 0.378 bits per heavy atom. The van der Waals surface area contributed by atoms with Gasteiger partial charge in [-0.15, -0.1) is 0 Å². The molecule has 0 spiro atoms. The third kappa shape index (κ3) is 2.49. The van der Waals surface area contributed by atoms with Crippen molar-refractivity contribution in [3.63, 3.8) is 0 Å². The molecule has 0 saturated carbocycles. The molecular formula is C36H21B. The maximum Gasteiger partial charge on any atom is 0.244 e. The summed E-state index contributed by atoms with van der Waals surface area (Å²) in [5, 5.41) is 13.4. The zero-order valence-electron chi connectivity index (χ0n) is 20.2. The van der Waals surface area contributed by atoms with Crippen molar-refractivity contribution in [2.75, 3.05) is 0 Å². The van der Waals surface area contributed by atoms with Crippen LogP contribution in [0.2, 0.25) is 0 Å². The molecule has 0 unspecified atom stereocenters. The zero-order valence-corrected chi connectivity index (χ0v) is 20.2. The van der Waals surface area contributed by atoms with Gasteiger partial charge in [-0.1, -0.05) is 144 Å². The molecule has 0 radical (unpaired) electrons. The summed E-state index contributed by atoms with van der Waals surface area (Å²) in [5.74, 6) is 0. The highest BCUT2D eigenvalue weighted by Crippen LogP contribution is 2.41. The van der Waals surface area contributed by atoms with E-state index in [1.807, 2.05) is 0 Å². The van der Waals surface area contributed by atoms with Crippen LogP contribution < -0.4 is 16.4 Å². The predicted molar refractivity (Wildman–Crippen MR) is 162 cm³/mol. The summed E-state index contributed by atoms with van der Waals surface area (Å²) in [6, 6.07) is 47.7. The number of hydrogen-bond acceptors (Lipinski definition) is 0. The van der Waals surface area contributed by atoms with Crippen molar-refractivity contribution in [2.45, 2.75) is 0 Å². The van der Waals surface area contributed by atoms with E-state index in [1.165, 1.54) is 81.4 Å². The van der Waals surface area contributed by atoms with Gasteiger partial charge in [0.15, 0.2) is 0 Å². The van der Waals surface area contributed by atoms with Gasteiger partial charge >= 0.3 is 0 Å². The average molecular weight is 464 g/mol. The summed E-state index contributed by atoms with van der Waals surface area (Å²) < 4.78 is 0. The lowest BCUT2D eigenvalue weighted by molar-refractivity contribution is 1.76. The Hall–Kier alpha value is -4.62. The maximum absolute atomic E-state index is 2.49. The Kier molecular flexibility index (Phi) is 3.69. The van der Waals surface area contributed by atoms with E-state index in [0.717, 1.165) is 0 Å². The molecule has 0 amide bonds. The van der Waals surface area contributed by atoms with Crippen molar-refractivity contribution in [3.8, 4) is 11.1 Å². The Morgan fingerprint density at radius 3 is 1.86 bits per heavy atom. The first-order chi connectivity index (χ1) is 18.4. The topological polar surface area (TPSA) is 0 Å². The lowest BCUT2D eigenvalue weighted by Crippen LogP contribution is -2.49. The molecule has 8 aromatic rings. The van der Waals surface area contributed by atoms with E-state index in [0.29, 0.717) is 0 Å². The normalized spacial score (nSPS) is 12.8. The van der Waals surface area contributed by atoms with E-state index in [2.05, 4.69) is 127 Å². The highest BCUT2D eigenvalue weighted by Gasteiger charge is 2.37. The van der Waals surface area contributed by atoms with Crippen molar-refractivity contribution in [1.82, 2.24) is 0 Å². The van der Waals surface area contributed by atoms with Gasteiger partial charge in [-0.2, -0.15) is 0 Å². The van der Waals surface area contributed by atoms with Crippen LogP contribution in [-0.4, -0.2) is 6.71 Å². The Morgan fingerprint density at radius 2 is 1.00 bits per heavy atom. The number of rotatable bonds is 1. The molecule has 1 heteroatoms. The van der Waals surface area contributed by atoms with E-state index in [-0.39, 0.29) is 6.71 Å². The first kappa shape index (κ1) is 19.6. The lowest BCUT2D eigenvalue weighted by atomic mass is 9.37. The average Bonchev–Trinajstić information content (AvgIpc) is 3.30. The second kappa shape index (κ2) is 6.99.